The molecule has 0 N–H and O–H groups in total. The first-order valence-corrected chi connectivity index (χ1v) is 17.1. The van der Waals surface area contributed by atoms with Gasteiger partial charge >= 0.3 is 26.2 Å². The van der Waals surface area contributed by atoms with Crippen molar-refractivity contribution in [2.75, 3.05) is 0 Å². The van der Waals surface area contributed by atoms with Crippen molar-refractivity contribution in [3.63, 3.8) is 0 Å². The van der Waals surface area contributed by atoms with Crippen molar-refractivity contribution in [2.24, 2.45) is 0 Å². The molecule has 0 aliphatic heterocycles. The van der Waals surface area contributed by atoms with E-state index >= 15 is 0 Å². The average molecular weight is 597 g/mol. The summed E-state index contributed by atoms with van der Waals surface area (Å²) in [4.78, 5) is 9.49. The molecule has 0 unspecified atom stereocenters. The van der Waals surface area contributed by atoms with Gasteiger partial charge in [0.05, 0.1) is 17.0 Å². The summed E-state index contributed by atoms with van der Waals surface area (Å²) < 4.78 is 11.9. The van der Waals surface area contributed by atoms with Crippen LogP contribution in [0.2, 0.25) is 26.2 Å². The van der Waals surface area contributed by atoms with Gasteiger partial charge in [-0.05, 0) is 41.5 Å². The van der Waals surface area contributed by atoms with E-state index < -0.39 is 17.0 Å². The molecule has 1 rings (SSSR count). The molecule has 0 saturated heterocycles. The second-order valence-electron chi connectivity index (χ2n) is 12.9. The van der Waals surface area contributed by atoms with E-state index in [1.807, 2.05) is 12.2 Å². The van der Waals surface area contributed by atoms with E-state index in [1.165, 1.54) is 0 Å². The second kappa shape index (κ2) is 15.9. The Balaban J connectivity index is -0.000000200. The summed E-state index contributed by atoms with van der Waals surface area (Å²) in [5.74, 6) is 0. The molecule has 194 valence electrons. The van der Waals surface area contributed by atoms with Gasteiger partial charge in [0.15, 0.2) is 0 Å². The van der Waals surface area contributed by atoms with Crippen molar-refractivity contribution < 1.29 is 47.5 Å². The Bertz CT molecular complexity index is 483. The molecule has 0 heterocycles. The molecule has 0 atom stereocenters. The van der Waals surface area contributed by atoms with E-state index in [9.17, 15) is 0 Å². The van der Waals surface area contributed by atoms with Gasteiger partial charge in [-0.15, -0.1) is 17.5 Å². The smallest absolute Gasteiger partial charge is 1.00 e. The maximum Gasteiger partial charge on any atom is 4.00 e. The van der Waals surface area contributed by atoms with Crippen LogP contribution in [0.1, 0.15) is 89.5 Å². The van der Waals surface area contributed by atoms with Crippen LogP contribution >= 0.6 is 0 Å². The Hall–Kier alpha value is 0.927. The molecule has 0 aromatic carbocycles. The first-order valence-electron chi connectivity index (χ1n) is 11.4. The number of hydrogen-bond acceptors (Lipinski definition) is 2. The number of halogens is 1. The van der Waals surface area contributed by atoms with E-state index in [0.717, 1.165) is 6.42 Å². The zero-order valence-corrected chi connectivity index (χ0v) is 29.7. The molecule has 0 spiro atoms. The Morgan fingerprint density at radius 3 is 1.09 bits per heavy atom. The topological polar surface area (TPSA) is 46.7 Å². The molecular weight excluding hydrogens is 543 g/mol. The number of hydrogen-bond donors (Lipinski definition) is 0. The summed E-state index contributed by atoms with van der Waals surface area (Å²) in [6.07, 6.45) is 10.0. The zero-order chi connectivity index (χ0) is 25.4. The van der Waals surface area contributed by atoms with Crippen LogP contribution in [-0.2, 0) is 35.1 Å². The average Bonchev–Trinajstić information content (AvgIpc) is 2.83. The molecule has 1 aliphatic rings. The predicted molar refractivity (Wildman–Crippen MR) is 144 cm³/mol. The van der Waals surface area contributed by atoms with Crippen LogP contribution in [0.4, 0.5) is 0 Å². The Labute approximate surface area is 235 Å². The second-order valence-corrected chi connectivity index (χ2v) is 19.5. The fourth-order valence-corrected chi connectivity index (χ4v) is 9.82. The van der Waals surface area contributed by atoms with Gasteiger partial charge in [0.1, 0.15) is 0 Å². The van der Waals surface area contributed by atoms with Crippen LogP contribution < -0.4 is 12.4 Å². The molecule has 0 aromatic rings. The molecule has 0 aromatic heterocycles. The molecule has 33 heavy (non-hydrogen) atoms. The van der Waals surface area contributed by atoms with Gasteiger partial charge in [-0.2, -0.15) is 6.08 Å². The zero-order valence-electron chi connectivity index (χ0n) is 24.5. The quantitative estimate of drug-likeness (QED) is 0.311. The van der Waals surface area contributed by atoms with Gasteiger partial charge < -0.3 is 31.2 Å². The Morgan fingerprint density at radius 2 is 0.970 bits per heavy atom. The molecule has 0 radical (unpaired) electrons. The van der Waals surface area contributed by atoms with E-state index in [0.29, 0.717) is 0 Å². The van der Waals surface area contributed by atoms with E-state index in [-0.39, 0.29) is 60.9 Å². The summed E-state index contributed by atoms with van der Waals surface area (Å²) >= 11 is 0. The third-order valence-electron chi connectivity index (χ3n) is 2.91. The van der Waals surface area contributed by atoms with Gasteiger partial charge in [0.2, 0.25) is 0 Å². The van der Waals surface area contributed by atoms with Crippen LogP contribution in [0.15, 0.2) is 18.2 Å². The minimum atomic E-state index is -1.85. The maximum atomic E-state index is 5.97. The van der Waals surface area contributed by atoms with Gasteiger partial charge in [0.25, 0.3) is 0 Å². The van der Waals surface area contributed by atoms with Crippen LogP contribution in [0, 0.1) is 6.08 Å². The van der Waals surface area contributed by atoms with E-state index in [2.05, 4.69) is 121 Å². The molecule has 1 aliphatic carbocycles. The van der Waals surface area contributed by atoms with Crippen LogP contribution in [0.5, 0.6) is 0 Å². The van der Waals surface area contributed by atoms with Gasteiger partial charge in [-0.3, -0.25) is 6.08 Å². The molecule has 0 fully saturated rings. The van der Waals surface area contributed by atoms with Crippen molar-refractivity contribution in [1.82, 2.24) is 0 Å². The van der Waals surface area contributed by atoms with Gasteiger partial charge in [0, 0.05) is 11.2 Å². The first kappa shape index (κ1) is 41.1. The van der Waals surface area contributed by atoms with Gasteiger partial charge in [-0.25, -0.2) is 12.2 Å². The molecule has 0 amide bonds. The van der Waals surface area contributed by atoms with Crippen LogP contribution in [0.3, 0.4) is 0 Å². The fraction of sp³-hybridized carbons (Fsp3) is 0.840. The summed E-state index contributed by atoms with van der Waals surface area (Å²) in [5, 5.41) is 0. The SMILES string of the molecule is CC(C)(C)[N-][Si](C)(C)OC(C)(C)C.CC(C)(C)[N-][Si](C)(C)OC(C)(C)C.[C-]1=CC=CC1.[Cl-].[Zr+4]. The predicted octanol–water partition coefficient (Wildman–Crippen LogP) is 5.66. The van der Waals surface area contributed by atoms with Crippen LogP contribution in [0.25, 0.3) is 9.96 Å². The van der Waals surface area contributed by atoms with E-state index in [4.69, 9.17) is 18.8 Å². The molecular formula is C25H53ClN2O2Si2Zr. The summed E-state index contributed by atoms with van der Waals surface area (Å²) in [6.45, 7) is 33.8. The minimum Gasteiger partial charge on any atom is -1.00 e. The fourth-order valence-electron chi connectivity index (χ4n) is 3.50. The Kier molecular flexibility index (Phi) is 19.8. The molecule has 0 saturated carbocycles. The van der Waals surface area contributed by atoms with Gasteiger partial charge in [-0.1, -0.05) is 67.7 Å². The van der Waals surface area contributed by atoms with Crippen molar-refractivity contribution in [3.8, 4) is 0 Å². The number of rotatable bonds is 4. The molecule has 8 heteroatoms. The minimum absolute atomic E-state index is 0. The number of nitrogens with zero attached hydrogens (tertiary/aromatic N) is 2. The van der Waals surface area contributed by atoms with Crippen molar-refractivity contribution in [1.29, 1.82) is 0 Å². The van der Waals surface area contributed by atoms with Crippen molar-refractivity contribution in [3.05, 3.63) is 34.3 Å². The normalized spacial score (nSPS) is 14.3. The maximum absolute atomic E-state index is 5.97. The van der Waals surface area contributed by atoms with Crippen molar-refractivity contribution >= 4 is 17.0 Å². The third-order valence-corrected chi connectivity index (χ3v) is 7.55. The first-order chi connectivity index (χ1) is 13.3. The summed E-state index contributed by atoms with van der Waals surface area (Å²) in [6, 6.07) is 0. The van der Waals surface area contributed by atoms with Crippen molar-refractivity contribution in [2.45, 2.75) is 138 Å². The van der Waals surface area contributed by atoms with Crippen LogP contribution in [-0.4, -0.2) is 39.2 Å². The standard InChI is InChI=1S/2C10H24NOSi.C5H5.ClH.Zr/c2*1-9(2,3)11-13(7,8)12-10(4,5)6;1-2-4-5-3-1;;/h2*1-8H3;1-3H,4H2;1H;/q3*-1;;+4/p-1. The largest absolute Gasteiger partial charge is 4.00 e. The van der Waals surface area contributed by atoms with E-state index in [1.54, 1.807) is 0 Å². The molecule has 4 nitrogen and oxygen atoms in total. The Morgan fingerprint density at radius 1 is 0.667 bits per heavy atom. The monoisotopic (exact) mass is 594 g/mol. The number of allylic oxidation sites excluding steroid dienone is 4. The third kappa shape index (κ3) is 35.2. The molecule has 0 bridgehead atoms. The summed E-state index contributed by atoms with van der Waals surface area (Å²) in [5.41, 5.74) is -0.128. The summed E-state index contributed by atoms with van der Waals surface area (Å²) in [7, 11) is -3.70.